The zero-order valence-corrected chi connectivity index (χ0v) is 5.96. The molecule has 0 heterocycles. The molecule has 0 aliphatic rings. The van der Waals surface area contributed by atoms with E-state index in [1.807, 2.05) is 0 Å². The first kappa shape index (κ1) is 9.23. The molecule has 0 aromatic heterocycles. The maximum atomic E-state index is 10.5. The molecule has 0 saturated heterocycles. The van der Waals surface area contributed by atoms with Crippen molar-refractivity contribution in [1.82, 2.24) is 5.32 Å². The highest BCUT2D eigenvalue weighted by molar-refractivity contribution is 5.67. The SMILES string of the molecule is C[CH]NC(=O)OCCCO. The maximum absolute atomic E-state index is 10.5. The van der Waals surface area contributed by atoms with Gasteiger partial charge in [0.25, 0.3) is 0 Å². The van der Waals surface area contributed by atoms with Crippen LogP contribution in [-0.2, 0) is 4.74 Å². The lowest BCUT2D eigenvalue weighted by atomic mass is 10.5. The van der Waals surface area contributed by atoms with Gasteiger partial charge in [-0.15, -0.1) is 0 Å². The maximum Gasteiger partial charge on any atom is 0.407 e. The molecule has 1 radical (unpaired) electrons. The molecule has 10 heavy (non-hydrogen) atoms. The van der Waals surface area contributed by atoms with E-state index in [1.165, 1.54) is 6.54 Å². The molecule has 4 nitrogen and oxygen atoms in total. The van der Waals surface area contributed by atoms with Crippen molar-refractivity contribution < 1.29 is 14.6 Å². The van der Waals surface area contributed by atoms with Crippen LogP contribution in [0.15, 0.2) is 0 Å². The fraction of sp³-hybridized carbons (Fsp3) is 0.667. The van der Waals surface area contributed by atoms with Gasteiger partial charge in [-0.05, 0) is 6.92 Å². The third kappa shape index (κ3) is 5.37. The fourth-order valence-electron chi connectivity index (χ4n) is 0.389. The molecule has 4 heteroatoms. The smallest absolute Gasteiger partial charge is 0.407 e. The Balaban J connectivity index is 3.05. The average molecular weight is 146 g/mol. The number of rotatable bonds is 4. The Hall–Kier alpha value is -0.770. The predicted octanol–water partition coefficient (Wildman–Crippen LogP) is 0.277. The van der Waals surface area contributed by atoms with Crippen LogP contribution in [-0.4, -0.2) is 24.4 Å². The molecule has 0 fully saturated rings. The predicted molar refractivity (Wildman–Crippen MR) is 36.2 cm³/mol. The molecule has 0 aromatic rings. The number of nitrogens with one attached hydrogen (secondary N) is 1. The normalized spacial score (nSPS) is 9.00. The summed E-state index contributed by atoms with van der Waals surface area (Å²) in [5, 5.41) is 10.6. The van der Waals surface area contributed by atoms with Gasteiger partial charge in [-0.2, -0.15) is 0 Å². The van der Waals surface area contributed by atoms with Gasteiger partial charge >= 0.3 is 6.09 Å². The van der Waals surface area contributed by atoms with E-state index < -0.39 is 6.09 Å². The average Bonchev–Trinajstić information content (AvgIpc) is 1.89. The summed E-state index contributed by atoms with van der Waals surface area (Å²) in [5.41, 5.74) is 0. The van der Waals surface area contributed by atoms with Gasteiger partial charge in [-0.3, -0.25) is 0 Å². The summed E-state index contributed by atoms with van der Waals surface area (Å²) in [5.74, 6) is 0. The summed E-state index contributed by atoms with van der Waals surface area (Å²) < 4.78 is 4.58. The molecule has 0 spiro atoms. The first-order valence-corrected chi connectivity index (χ1v) is 3.13. The summed E-state index contributed by atoms with van der Waals surface area (Å²) in [4.78, 5) is 10.5. The molecule has 1 amide bonds. The number of hydrogen-bond acceptors (Lipinski definition) is 3. The number of ether oxygens (including phenoxy) is 1. The summed E-state index contributed by atoms with van der Waals surface area (Å²) >= 11 is 0. The number of aliphatic hydroxyl groups excluding tert-OH is 1. The molecule has 59 valence electrons. The molecular formula is C6H12NO3. The Morgan fingerprint density at radius 1 is 1.80 bits per heavy atom. The van der Waals surface area contributed by atoms with Crippen LogP contribution in [0.5, 0.6) is 0 Å². The highest BCUT2D eigenvalue weighted by Gasteiger charge is 1.96. The first-order valence-electron chi connectivity index (χ1n) is 3.13. The molecule has 0 unspecified atom stereocenters. The molecule has 0 bridgehead atoms. The monoisotopic (exact) mass is 146 g/mol. The quantitative estimate of drug-likeness (QED) is 0.560. The van der Waals surface area contributed by atoms with E-state index in [0.717, 1.165) is 0 Å². The Morgan fingerprint density at radius 2 is 2.50 bits per heavy atom. The number of aliphatic hydroxyl groups is 1. The lowest BCUT2D eigenvalue weighted by molar-refractivity contribution is 0.138. The molecule has 0 atom stereocenters. The fourth-order valence-corrected chi connectivity index (χ4v) is 0.389. The van der Waals surface area contributed by atoms with Crippen LogP contribution < -0.4 is 5.32 Å². The Morgan fingerprint density at radius 3 is 3.00 bits per heavy atom. The van der Waals surface area contributed by atoms with Gasteiger partial charge in [0, 0.05) is 19.6 Å². The van der Waals surface area contributed by atoms with Crippen LogP contribution in [0.1, 0.15) is 13.3 Å². The van der Waals surface area contributed by atoms with Crippen LogP contribution in [0.3, 0.4) is 0 Å². The molecule has 0 saturated carbocycles. The third-order valence-corrected chi connectivity index (χ3v) is 0.798. The second-order valence-corrected chi connectivity index (χ2v) is 1.65. The van der Waals surface area contributed by atoms with E-state index in [-0.39, 0.29) is 13.2 Å². The second kappa shape index (κ2) is 6.35. The summed E-state index contributed by atoms with van der Waals surface area (Å²) in [6.07, 6.45) is 0.00730. The van der Waals surface area contributed by atoms with Crippen LogP contribution in [0.2, 0.25) is 0 Å². The van der Waals surface area contributed by atoms with E-state index in [1.54, 1.807) is 6.92 Å². The Bertz CT molecular complexity index is 95.0. The summed E-state index contributed by atoms with van der Waals surface area (Å²) in [6, 6.07) is 0. The van der Waals surface area contributed by atoms with Crippen molar-refractivity contribution in [3.63, 3.8) is 0 Å². The Kier molecular flexibility index (Phi) is 5.86. The number of amides is 1. The minimum Gasteiger partial charge on any atom is -0.449 e. The topological polar surface area (TPSA) is 58.6 Å². The Labute approximate surface area is 60.2 Å². The molecule has 0 aliphatic carbocycles. The molecule has 0 aliphatic heterocycles. The van der Waals surface area contributed by atoms with Gasteiger partial charge in [0.05, 0.1) is 6.61 Å². The van der Waals surface area contributed by atoms with Gasteiger partial charge in [0.2, 0.25) is 0 Å². The second-order valence-electron chi connectivity index (χ2n) is 1.65. The van der Waals surface area contributed by atoms with E-state index in [4.69, 9.17) is 5.11 Å². The van der Waals surface area contributed by atoms with Crippen molar-refractivity contribution in [2.75, 3.05) is 13.2 Å². The van der Waals surface area contributed by atoms with Crippen molar-refractivity contribution in [1.29, 1.82) is 0 Å². The van der Waals surface area contributed by atoms with Crippen molar-refractivity contribution >= 4 is 6.09 Å². The van der Waals surface area contributed by atoms with E-state index in [0.29, 0.717) is 6.42 Å². The minimum atomic E-state index is -0.476. The van der Waals surface area contributed by atoms with Crippen LogP contribution in [0.25, 0.3) is 0 Å². The van der Waals surface area contributed by atoms with E-state index >= 15 is 0 Å². The van der Waals surface area contributed by atoms with Gasteiger partial charge < -0.3 is 15.2 Å². The zero-order valence-electron chi connectivity index (χ0n) is 5.96. The lowest BCUT2D eigenvalue weighted by Gasteiger charge is -2.02. The first-order chi connectivity index (χ1) is 4.81. The van der Waals surface area contributed by atoms with E-state index in [2.05, 4.69) is 10.1 Å². The number of carbonyl (C=O) groups is 1. The molecular weight excluding hydrogens is 134 g/mol. The van der Waals surface area contributed by atoms with Crippen molar-refractivity contribution in [2.24, 2.45) is 0 Å². The van der Waals surface area contributed by atoms with Crippen LogP contribution >= 0.6 is 0 Å². The standard InChI is InChI=1S/C6H12NO3/c1-2-7-6(9)10-5-3-4-8/h2,8H,3-5H2,1H3,(H,7,9). The summed E-state index contributed by atoms with van der Waals surface area (Å²) in [7, 11) is 0. The third-order valence-electron chi connectivity index (χ3n) is 0.798. The zero-order chi connectivity index (χ0) is 7.82. The highest BCUT2D eigenvalue weighted by Crippen LogP contribution is 1.82. The van der Waals surface area contributed by atoms with Crippen molar-refractivity contribution in [3.8, 4) is 0 Å². The largest absolute Gasteiger partial charge is 0.449 e. The number of hydrogen-bond donors (Lipinski definition) is 2. The van der Waals surface area contributed by atoms with Gasteiger partial charge in [0.1, 0.15) is 0 Å². The van der Waals surface area contributed by atoms with Gasteiger partial charge in [-0.25, -0.2) is 4.79 Å². The molecule has 0 aromatic carbocycles. The number of alkyl carbamates (subject to hydrolysis) is 1. The lowest BCUT2D eigenvalue weighted by Crippen LogP contribution is -2.21. The summed E-state index contributed by atoms with van der Waals surface area (Å²) in [6.45, 7) is 3.48. The molecule has 2 N–H and O–H groups in total. The van der Waals surface area contributed by atoms with Gasteiger partial charge in [0.15, 0.2) is 0 Å². The van der Waals surface area contributed by atoms with Crippen LogP contribution in [0.4, 0.5) is 4.79 Å². The minimum absolute atomic E-state index is 0.0448. The van der Waals surface area contributed by atoms with E-state index in [9.17, 15) is 4.79 Å². The number of carbonyl (C=O) groups excluding carboxylic acids is 1. The van der Waals surface area contributed by atoms with Gasteiger partial charge in [-0.1, -0.05) is 0 Å². The highest BCUT2D eigenvalue weighted by atomic mass is 16.5. The van der Waals surface area contributed by atoms with Crippen molar-refractivity contribution in [3.05, 3.63) is 6.54 Å². The van der Waals surface area contributed by atoms with Crippen molar-refractivity contribution in [2.45, 2.75) is 13.3 Å². The van der Waals surface area contributed by atoms with Crippen LogP contribution in [0, 0.1) is 6.54 Å². The molecule has 0 rings (SSSR count).